The van der Waals surface area contributed by atoms with Crippen LogP contribution in [-0.4, -0.2) is 6.61 Å². The molecular weight excluding hydrogens is 244 g/mol. The fraction of sp³-hybridized carbons (Fsp3) is 0.286. The Bertz CT molecular complexity index is 565. The lowest BCUT2D eigenvalue weighted by molar-refractivity contribution is 0.357. The predicted molar refractivity (Wildman–Crippen MR) is 73.9 cm³/mol. The fourth-order valence-corrected chi connectivity index (χ4v) is 3.29. The van der Waals surface area contributed by atoms with Crippen molar-refractivity contribution in [3.8, 4) is 5.75 Å². The highest BCUT2D eigenvalue weighted by Crippen LogP contribution is 2.32. The second-order valence-corrected chi connectivity index (χ2v) is 5.32. The first-order chi connectivity index (χ1) is 8.79. The summed E-state index contributed by atoms with van der Waals surface area (Å²) in [5.41, 5.74) is 7.92. The molecule has 1 aromatic carbocycles. The Balaban J connectivity index is 2.00. The molecule has 0 fully saturated rings. The van der Waals surface area contributed by atoms with Gasteiger partial charge in [0, 0.05) is 6.42 Å². The van der Waals surface area contributed by atoms with E-state index in [9.17, 15) is 0 Å². The van der Waals surface area contributed by atoms with Crippen LogP contribution in [0.25, 0.3) is 0 Å². The molecule has 2 aromatic rings. The van der Waals surface area contributed by atoms with E-state index < -0.39 is 0 Å². The van der Waals surface area contributed by atoms with Crippen LogP contribution in [-0.2, 0) is 6.42 Å². The molecule has 0 saturated carbocycles. The van der Waals surface area contributed by atoms with Crippen molar-refractivity contribution in [3.05, 3.63) is 51.2 Å². The molecule has 94 valence electrons. The van der Waals surface area contributed by atoms with Gasteiger partial charge >= 0.3 is 0 Å². The second kappa shape index (κ2) is 4.72. The molecule has 1 atom stereocenters. The van der Waals surface area contributed by atoms with Gasteiger partial charge in [-0.2, -0.15) is 11.3 Å². The third kappa shape index (κ3) is 1.92. The van der Waals surface area contributed by atoms with Crippen molar-refractivity contribution in [2.45, 2.75) is 19.4 Å². The molecule has 0 amide bonds. The minimum Gasteiger partial charge on any atom is -0.493 e. The highest BCUT2D eigenvalue weighted by Gasteiger charge is 2.19. The molecule has 1 aromatic heterocycles. The van der Waals surface area contributed by atoms with Crippen LogP contribution in [0.4, 0.5) is 0 Å². The standard InChI is InChI=1S/C14H16N2OS/c1-9-7-18-8-12(9)14(16-15)11-2-3-13-10(6-11)4-5-17-13/h2-3,6-8,14,16H,4-5,15H2,1H3. The number of nitrogens with one attached hydrogen (secondary N) is 1. The van der Waals surface area contributed by atoms with Gasteiger partial charge in [0.05, 0.1) is 12.6 Å². The van der Waals surface area contributed by atoms with E-state index in [1.54, 1.807) is 11.3 Å². The first-order valence-electron chi connectivity index (χ1n) is 6.04. The zero-order chi connectivity index (χ0) is 12.5. The van der Waals surface area contributed by atoms with Gasteiger partial charge in [-0.1, -0.05) is 12.1 Å². The van der Waals surface area contributed by atoms with Gasteiger partial charge in [0.1, 0.15) is 5.75 Å². The van der Waals surface area contributed by atoms with E-state index in [-0.39, 0.29) is 6.04 Å². The smallest absolute Gasteiger partial charge is 0.122 e. The molecule has 0 saturated heterocycles. The Labute approximate surface area is 111 Å². The first kappa shape index (κ1) is 11.7. The van der Waals surface area contributed by atoms with E-state index in [0.29, 0.717) is 0 Å². The van der Waals surface area contributed by atoms with Gasteiger partial charge in [0.15, 0.2) is 0 Å². The molecule has 0 aliphatic carbocycles. The van der Waals surface area contributed by atoms with Crippen molar-refractivity contribution in [3.63, 3.8) is 0 Å². The Morgan fingerprint density at radius 2 is 2.28 bits per heavy atom. The molecular formula is C14H16N2OS. The van der Waals surface area contributed by atoms with E-state index >= 15 is 0 Å². The van der Waals surface area contributed by atoms with Gasteiger partial charge < -0.3 is 4.74 Å². The summed E-state index contributed by atoms with van der Waals surface area (Å²) < 4.78 is 5.53. The number of benzene rings is 1. The fourth-order valence-electron chi connectivity index (χ4n) is 2.42. The molecule has 1 aliphatic rings. The molecule has 1 unspecified atom stereocenters. The topological polar surface area (TPSA) is 47.3 Å². The van der Waals surface area contributed by atoms with E-state index in [4.69, 9.17) is 10.6 Å². The van der Waals surface area contributed by atoms with E-state index in [0.717, 1.165) is 18.8 Å². The molecule has 4 heteroatoms. The molecule has 3 nitrogen and oxygen atoms in total. The van der Waals surface area contributed by atoms with Gasteiger partial charge in [-0.05, 0) is 46.0 Å². The van der Waals surface area contributed by atoms with Crippen LogP contribution in [0.1, 0.15) is 28.3 Å². The van der Waals surface area contributed by atoms with Gasteiger partial charge in [-0.15, -0.1) is 0 Å². The maximum absolute atomic E-state index is 5.73. The number of hydrogen-bond donors (Lipinski definition) is 2. The number of nitrogens with two attached hydrogens (primary N) is 1. The molecule has 18 heavy (non-hydrogen) atoms. The number of hydrazine groups is 1. The van der Waals surface area contributed by atoms with Crippen molar-refractivity contribution >= 4 is 11.3 Å². The summed E-state index contributed by atoms with van der Waals surface area (Å²) in [6, 6.07) is 6.39. The van der Waals surface area contributed by atoms with Gasteiger partial charge in [-0.25, -0.2) is 5.43 Å². The van der Waals surface area contributed by atoms with Crippen molar-refractivity contribution in [2.24, 2.45) is 5.84 Å². The average molecular weight is 260 g/mol. The molecule has 0 radical (unpaired) electrons. The zero-order valence-corrected chi connectivity index (χ0v) is 11.1. The van der Waals surface area contributed by atoms with Crippen molar-refractivity contribution in [2.75, 3.05) is 6.61 Å². The van der Waals surface area contributed by atoms with Crippen LogP contribution in [0.5, 0.6) is 5.75 Å². The lowest BCUT2D eigenvalue weighted by Gasteiger charge is -2.17. The molecule has 2 heterocycles. The van der Waals surface area contributed by atoms with Crippen LogP contribution < -0.4 is 16.0 Å². The predicted octanol–water partition coefficient (Wildman–Crippen LogP) is 2.54. The second-order valence-electron chi connectivity index (χ2n) is 4.58. The maximum Gasteiger partial charge on any atom is 0.122 e. The maximum atomic E-state index is 5.73. The Hall–Kier alpha value is -1.36. The largest absolute Gasteiger partial charge is 0.493 e. The third-order valence-corrected chi connectivity index (χ3v) is 4.30. The third-order valence-electron chi connectivity index (χ3n) is 3.42. The van der Waals surface area contributed by atoms with Gasteiger partial charge in [0.25, 0.3) is 0 Å². The number of fused-ring (bicyclic) bond motifs is 1. The lowest BCUT2D eigenvalue weighted by Crippen LogP contribution is -2.29. The van der Waals surface area contributed by atoms with Gasteiger partial charge in [-0.3, -0.25) is 5.84 Å². The molecule has 3 N–H and O–H groups in total. The molecule has 0 bridgehead atoms. The zero-order valence-electron chi connectivity index (χ0n) is 10.3. The molecule has 3 rings (SSSR count). The summed E-state index contributed by atoms with van der Waals surface area (Å²) in [5.74, 6) is 6.74. The van der Waals surface area contributed by atoms with Crippen LogP contribution in [0, 0.1) is 6.92 Å². The summed E-state index contributed by atoms with van der Waals surface area (Å²) in [7, 11) is 0. The van der Waals surface area contributed by atoms with E-state index in [1.165, 1.54) is 22.3 Å². The number of ether oxygens (including phenoxy) is 1. The van der Waals surface area contributed by atoms with Gasteiger partial charge in [0.2, 0.25) is 0 Å². The minimum atomic E-state index is 0.0575. The molecule has 0 spiro atoms. The van der Waals surface area contributed by atoms with Crippen molar-refractivity contribution in [1.29, 1.82) is 0 Å². The number of aryl methyl sites for hydroxylation is 1. The number of thiophene rings is 1. The highest BCUT2D eigenvalue weighted by molar-refractivity contribution is 7.08. The monoisotopic (exact) mass is 260 g/mol. The average Bonchev–Trinajstić information content (AvgIpc) is 2.99. The minimum absolute atomic E-state index is 0.0575. The van der Waals surface area contributed by atoms with E-state index in [2.05, 4.69) is 35.2 Å². The van der Waals surface area contributed by atoms with Crippen LogP contribution in [0.3, 0.4) is 0 Å². The SMILES string of the molecule is Cc1cscc1C(NN)c1ccc2c(c1)CCO2. The molecule has 1 aliphatic heterocycles. The van der Waals surface area contributed by atoms with Crippen LogP contribution >= 0.6 is 11.3 Å². The lowest BCUT2D eigenvalue weighted by atomic mass is 9.97. The van der Waals surface area contributed by atoms with Crippen molar-refractivity contribution < 1.29 is 4.74 Å². The quantitative estimate of drug-likeness (QED) is 0.658. The Morgan fingerprint density at radius 1 is 1.39 bits per heavy atom. The number of hydrogen-bond acceptors (Lipinski definition) is 4. The summed E-state index contributed by atoms with van der Waals surface area (Å²) in [5, 5.41) is 4.31. The van der Waals surface area contributed by atoms with Crippen molar-refractivity contribution in [1.82, 2.24) is 5.43 Å². The van der Waals surface area contributed by atoms with Crippen LogP contribution in [0.15, 0.2) is 29.0 Å². The van der Waals surface area contributed by atoms with Crippen LogP contribution in [0.2, 0.25) is 0 Å². The normalized spacial score (nSPS) is 15.2. The Morgan fingerprint density at radius 3 is 3.00 bits per heavy atom. The summed E-state index contributed by atoms with van der Waals surface area (Å²) in [6.45, 7) is 2.91. The summed E-state index contributed by atoms with van der Waals surface area (Å²) >= 11 is 1.71. The van der Waals surface area contributed by atoms with E-state index in [1.807, 2.05) is 6.07 Å². The Kier molecular flexibility index (Phi) is 3.07. The highest BCUT2D eigenvalue weighted by atomic mass is 32.1. The number of rotatable bonds is 3. The summed E-state index contributed by atoms with van der Waals surface area (Å²) in [4.78, 5) is 0. The summed E-state index contributed by atoms with van der Waals surface area (Å²) in [6.07, 6.45) is 0.989. The first-order valence-corrected chi connectivity index (χ1v) is 6.98.